The van der Waals surface area contributed by atoms with E-state index in [2.05, 4.69) is 12.2 Å². The second kappa shape index (κ2) is 8.39. The van der Waals surface area contributed by atoms with E-state index in [1.165, 1.54) is 12.1 Å². The number of hydrogen-bond donors (Lipinski definition) is 2. The van der Waals surface area contributed by atoms with E-state index in [1.807, 2.05) is 0 Å². The van der Waals surface area contributed by atoms with Crippen molar-refractivity contribution in [2.75, 3.05) is 19.6 Å². The van der Waals surface area contributed by atoms with Crippen LogP contribution in [0.3, 0.4) is 0 Å². The predicted molar refractivity (Wildman–Crippen MR) is 103 cm³/mol. The zero-order valence-electron chi connectivity index (χ0n) is 16.2. The largest absolute Gasteiger partial charge is 0.355 e. The first-order valence-corrected chi connectivity index (χ1v) is 10.8. The Balaban J connectivity index is 1.89. The van der Waals surface area contributed by atoms with Crippen molar-refractivity contribution in [1.82, 2.24) is 10.2 Å². The number of likely N-dealkylation sites (tertiary alicyclic amines) is 1. The van der Waals surface area contributed by atoms with E-state index in [-0.39, 0.29) is 16.7 Å². The molecule has 1 atom stereocenters. The van der Waals surface area contributed by atoms with Crippen molar-refractivity contribution < 1.29 is 18.0 Å². The molecule has 1 aliphatic heterocycles. The minimum absolute atomic E-state index is 0.0535. The summed E-state index contributed by atoms with van der Waals surface area (Å²) in [6.07, 6.45) is 2.61. The molecule has 0 aromatic heterocycles. The van der Waals surface area contributed by atoms with Crippen LogP contribution in [-0.2, 0) is 26.0 Å². The third kappa shape index (κ3) is 5.52. The van der Waals surface area contributed by atoms with Crippen molar-refractivity contribution in [2.45, 2.75) is 44.9 Å². The quantitative estimate of drug-likeness (QED) is 0.707. The fourth-order valence-electron chi connectivity index (χ4n) is 3.25. The van der Waals surface area contributed by atoms with Crippen LogP contribution in [0.2, 0.25) is 0 Å². The molecule has 7 nitrogen and oxygen atoms in total. The molecule has 2 rings (SSSR count). The number of benzene rings is 1. The summed E-state index contributed by atoms with van der Waals surface area (Å²) < 4.78 is 22.5. The van der Waals surface area contributed by atoms with Crippen molar-refractivity contribution in [2.24, 2.45) is 16.5 Å². The third-order valence-electron chi connectivity index (χ3n) is 5.00. The van der Waals surface area contributed by atoms with Gasteiger partial charge in [-0.25, -0.2) is 13.6 Å². The Morgan fingerprint density at radius 3 is 2.44 bits per heavy atom. The predicted octanol–water partition coefficient (Wildman–Crippen LogP) is 1.28. The van der Waals surface area contributed by atoms with Gasteiger partial charge in [0.2, 0.25) is 21.8 Å². The lowest BCUT2D eigenvalue weighted by Gasteiger charge is -2.36. The molecule has 1 unspecified atom stereocenters. The van der Waals surface area contributed by atoms with Gasteiger partial charge >= 0.3 is 0 Å². The fourth-order valence-corrected chi connectivity index (χ4v) is 3.77. The standard InChI is InChI=1S/C19H29N3O4S/c1-14-5-4-12-22(13-14)18(24)19(2,3)17(23)21-11-10-15-6-8-16(9-7-15)27(20,25)26/h6-9,14H,4-5,10-13H2,1-3H3,(H,21,23)(H2,20,25,26). The Kier molecular flexibility index (Phi) is 6.64. The van der Waals surface area contributed by atoms with Crippen molar-refractivity contribution in [3.63, 3.8) is 0 Å². The SMILES string of the molecule is CC1CCCN(C(=O)C(C)(C)C(=O)NCCc2ccc(S(N)(=O)=O)cc2)C1. The maximum Gasteiger partial charge on any atom is 0.238 e. The molecule has 1 saturated heterocycles. The lowest BCUT2D eigenvalue weighted by Crippen LogP contribution is -2.52. The summed E-state index contributed by atoms with van der Waals surface area (Å²) in [5.41, 5.74) is -0.245. The Labute approximate surface area is 161 Å². The van der Waals surface area contributed by atoms with Gasteiger partial charge in [-0.2, -0.15) is 0 Å². The van der Waals surface area contributed by atoms with Crippen LogP contribution < -0.4 is 10.5 Å². The average Bonchev–Trinajstić information content (AvgIpc) is 2.60. The second-order valence-electron chi connectivity index (χ2n) is 7.82. The van der Waals surface area contributed by atoms with E-state index in [0.717, 1.165) is 18.4 Å². The average molecular weight is 396 g/mol. The third-order valence-corrected chi connectivity index (χ3v) is 5.93. The summed E-state index contributed by atoms with van der Waals surface area (Å²) in [7, 11) is -3.71. The molecule has 1 fully saturated rings. The summed E-state index contributed by atoms with van der Waals surface area (Å²) in [6, 6.07) is 6.21. The molecule has 27 heavy (non-hydrogen) atoms. The van der Waals surface area contributed by atoms with Crippen LogP contribution in [0.1, 0.15) is 39.2 Å². The topological polar surface area (TPSA) is 110 Å². The first kappa shape index (κ1) is 21.4. The van der Waals surface area contributed by atoms with E-state index < -0.39 is 15.4 Å². The van der Waals surface area contributed by atoms with E-state index >= 15 is 0 Å². The number of carbonyl (C=O) groups is 2. The lowest BCUT2D eigenvalue weighted by atomic mass is 9.88. The highest BCUT2D eigenvalue weighted by molar-refractivity contribution is 7.89. The van der Waals surface area contributed by atoms with Gasteiger partial charge in [-0.3, -0.25) is 9.59 Å². The number of hydrogen-bond acceptors (Lipinski definition) is 4. The highest BCUT2D eigenvalue weighted by Gasteiger charge is 2.39. The smallest absolute Gasteiger partial charge is 0.238 e. The van der Waals surface area contributed by atoms with E-state index in [9.17, 15) is 18.0 Å². The molecular weight excluding hydrogens is 366 g/mol. The number of piperidine rings is 1. The van der Waals surface area contributed by atoms with E-state index in [1.54, 1.807) is 30.9 Å². The summed E-state index contributed by atoms with van der Waals surface area (Å²) in [6.45, 7) is 7.20. The van der Waals surface area contributed by atoms with Crippen LogP contribution in [0.15, 0.2) is 29.2 Å². The first-order valence-electron chi connectivity index (χ1n) is 9.21. The van der Waals surface area contributed by atoms with Crippen LogP contribution in [0.25, 0.3) is 0 Å². The fraction of sp³-hybridized carbons (Fsp3) is 0.579. The monoisotopic (exact) mass is 395 g/mol. The number of nitrogens with one attached hydrogen (secondary N) is 1. The molecule has 0 aliphatic carbocycles. The molecule has 0 spiro atoms. The summed E-state index contributed by atoms with van der Waals surface area (Å²) in [5, 5.41) is 7.89. The molecule has 0 saturated carbocycles. The number of primary sulfonamides is 1. The van der Waals surface area contributed by atoms with Crippen molar-refractivity contribution in [3.8, 4) is 0 Å². The van der Waals surface area contributed by atoms with Crippen molar-refractivity contribution in [1.29, 1.82) is 0 Å². The molecule has 1 heterocycles. The van der Waals surface area contributed by atoms with Crippen molar-refractivity contribution in [3.05, 3.63) is 29.8 Å². The number of amides is 2. The summed E-state index contributed by atoms with van der Waals surface area (Å²) in [4.78, 5) is 27.2. The summed E-state index contributed by atoms with van der Waals surface area (Å²) >= 11 is 0. The number of nitrogens with zero attached hydrogens (tertiary/aromatic N) is 1. The summed E-state index contributed by atoms with van der Waals surface area (Å²) in [5.74, 6) is 0.0257. The van der Waals surface area contributed by atoms with Crippen molar-refractivity contribution >= 4 is 21.8 Å². The van der Waals surface area contributed by atoms with Gasteiger partial charge in [0.1, 0.15) is 5.41 Å². The number of sulfonamides is 1. The number of carbonyl (C=O) groups excluding carboxylic acids is 2. The molecule has 2 amide bonds. The highest BCUT2D eigenvalue weighted by Crippen LogP contribution is 2.24. The molecule has 1 aromatic carbocycles. The minimum atomic E-state index is -3.71. The normalized spacial score (nSPS) is 18.2. The molecule has 1 aliphatic rings. The van der Waals surface area contributed by atoms with Gasteiger partial charge in [0.05, 0.1) is 4.90 Å². The maximum atomic E-state index is 12.8. The molecule has 8 heteroatoms. The van der Waals surface area contributed by atoms with Crippen LogP contribution in [0.4, 0.5) is 0 Å². The van der Waals surface area contributed by atoms with Gasteiger partial charge in [-0.1, -0.05) is 19.1 Å². The molecule has 150 valence electrons. The lowest BCUT2D eigenvalue weighted by molar-refractivity contribution is -0.149. The molecular formula is C19H29N3O4S. The van der Waals surface area contributed by atoms with Gasteiger partial charge in [0.15, 0.2) is 0 Å². The Bertz CT molecular complexity index is 788. The molecule has 0 bridgehead atoms. The number of nitrogens with two attached hydrogens (primary N) is 1. The minimum Gasteiger partial charge on any atom is -0.355 e. The van der Waals surface area contributed by atoms with Gasteiger partial charge in [0.25, 0.3) is 0 Å². The molecule has 3 N–H and O–H groups in total. The number of rotatable bonds is 6. The zero-order chi connectivity index (χ0) is 20.2. The van der Waals surface area contributed by atoms with E-state index in [0.29, 0.717) is 32.0 Å². The molecule has 1 aromatic rings. The first-order chi connectivity index (χ1) is 12.5. The van der Waals surface area contributed by atoms with Gasteiger partial charge in [0, 0.05) is 19.6 Å². The second-order valence-corrected chi connectivity index (χ2v) is 9.38. The Morgan fingerprint density at radius 1 is 1.26 bits per heavy atom. The molecule has 0 radical (unpaired) electrons. The van der Waals surface area contributed by atoms with Crippen LogP contribution in [0, 0.1) is 11.3 Å². The maximum absolute atomic E-state index is 12.8. The highest BCUT2D eigenvalue weighted by atomic mass is 32.2. The zero-order valence-corrected chi connectivity index (χ0v) is 17.0. The van der Waals surface area contributed by atoms with Gasteiger partial charge < -0.3 is 10.2 Å². The van der Waals surface area contributed by atoms with E-state index in [4.69, 9.17) is 5.14 Å². The van der Waals surface area contributed by atoms with Crippen LogP contribution >= 0.6 is 0 Å². The Morgan fingerprint density at radius 2 is 1.89 bits per heavy atom. The van der Waals surface area contributed by atoms with Crippen LogP contribution in [-0.4, -0.2) is 44.8 Å². The van der Waals surface area contributed by atoms with Crippen LogP contribution in [0.5, 0.6) is 0 Å². The Hall–Kier alpha value is -1.93. The van der Waals surface area contributed by atoms with Gasteiger partial charge in [-0.05, 0) is 56.7 Å². The van der Waals surface area contributed by atoms with Gasteiger partial charge in [-0.15, -0.1) is 0 Å².